The minimum absolute atomic E-state index is 0.463. The van der Waals surface area contributed by atoms with Crippen LogP contribution in [-0.2, 0) is 13.1 Å². The van der Waals surface area contributed by atoms with Crippen molar-refractivity contribution in [2.45, 2.75) is 44.4 Å². The Bertz CT molecular complexity index is 623. The third-order valence-electron chi connectivity index (χ3n) is 5.18. The molecule has 0 amide bonds. The van der Waals surface area contributed by atoms with E-state index in [-0.39, 0.29) is 0 Å². The highest BCUT2D eigenvalue weighted by atomic mass is 15.2. The quantitative estimate of drug-likeness (QED) is 0.923. The first kappa shape index (κ1) is 14.0. The van der Waals surface area contributed by atoms with Crippen LogP contribution in [0.3, 0.4) is 0 Å². The molecule has 2 aliphatic heterocycles. The van der Waals surface area contributed by atoms with Crippen LogP contribution in [0.15, 0.2) is 54.6 Å². The van der Waals surface area contributed by atoms with Crippen molar-refractivity contribution in [1.29, 1.82) is 0 Å². The molecule has 0 spiro atoms. The number of hydrogen-bond donors (Lipinski definition) is 1. The summed E-state index contributed by atoms with van der Waals surface area (Å²) >= 11 is 0. The molecule has 2 nitrogen and oxygen atoms in total. The minimum Gasteiger partial charge on any atom is -0.304 e. The molecule has 0 unspecified atom stereocenters. The van der Waals surface area contributed by atoms with Gasteiger partial charge in [0.25, 0.3) is 0 Å². The summed E-state index contributed by atoms with van der Waals surface area (Å²) in [6.07, 6.45) is 4.04. The van der Waals surface area contributed by atoms with E-state index in [1.807, 2.05) is 0 Å². The van der Waals surface area contributed by atoms with Crippen molar-refractivity contribution < 1.29 is 0 Å². The molecule has 2 heteroatoms. The zero-order valence-electron chi connectivity index (χ0n) is 13.0. The standard InChI is InChI=1S/C20H24N2/c1-2-8-16(9-3-1)14-21-20-18-11-5-4-10-17(18)15-22-13-7-6-12-19(20)22/h1-5,8-11,19-21H,6-7,12-15H2/t19-,20-/m0/s1. The summed E-state index contributed by atoms with van der Waals surface area (Å²) in [6, 6.07) is 20.9. The van der Waals surface area contributed by atoms with Crippen LogP contribution in [0.25, 0.3) is 0 Å². The van der Waals surface area contributed by atoms with E-state index in [0.29, 0.717) is 12.1 Å². The molecule has 0 aromatic heterocycles. The number of hydrogen-bond acceptors (Lipinski definition) is 2. The van der Waals surface area contributed by atoms with E-state index in [1.54, 1.807) is 0 Å². The van der Waals surface area contributed by atoms with Gasteiger partial charge in [0.15, 0.2) is 0 Å². The van der Waals surface area contributed by atoms with Crippen molar-refractivity contribution in [2.24, 2.45) is 0 Å². The van der Waals surface area contributed by atoms with Gasteiger partial charge in [0, 0.05) is 25.2 Å². The molecule has 4 rings (SSSR count). The third-order valence-corrected chi connectivity index (χ3v) is 5.18. The number of nitrogens with zero attached hydrogens (tertiary/aromatic N) is 1. The molecule has 0 radical (unpaired) electrons. The second-order valence-electron chi connectivity index (χ2n) is 6.58. The van der Waals surface area contributed by atoms with Gasteiger partial charge in [-0.2, -0.15) is 0 Å². The molecule has 0 bridgehead atoms. The molecule has 2 aliphatic rings. The second kappa shape index (κ2) is 6.23. The molecule has 2 aromatic rings. The summed E-state index contributed by atoms with van der Waals surface area (Å²) in [7, 11) is 0. The predicted molar refractivity (Wildman–Crippen MR) is 90.5 cm³/mol. The normalized spacial score (nSPS) is 24.5. The lowest BCUT2D eigenvalue weighted by Gasteiger charge is -2.45. The fourth-order valence-electron chi connectivity index (χ4n) is 4.07. The third kappa shape index (κ3) is 2.69. The lowest BCUT2D eigenvalue weighted by molar-refractivity contribution is 0.0911. The van der Waals surface area contributed by atoms with Crippen LogP contribution < -0.4 is 5.32 Å². The van der Waals surface area contributed by atoms with Gasteiger partial charge in [0.1, 0.15) is 0 Å². The van der Waals surface area contributed by atoms with Crippen LogP contribution in [0, 0.1) is 0 Å². The molecular weight excluding hydrogens is 268 g/mol. The van der Waals surface area contributed by atoms with Gasteiger partial charge < -0.3 is 5.32 Å². The number of nitrogens with one attached hydrogen (secondary N) is 1. The zero-order chi connectivity index (χ0) is 14.8. The van der Waals surface area contributed by atoms with E-state index in [2.05, 4.69) is 64.8 Å². The molecule has 2 aromatic carbocycles. The molecule has 1 saturated heterocycles. The van der Waals surface area contributed by atoms with Crippen molar-refractivity contribution in [1.82, 2.24) is 10.2 Å². The summed E-state index contributed by atoms with van der Waals surface area (Å²) in [5.74, 6) is 0. The largest absolute Gasteiger partial charge is 0.304 e. The molecule has 0 aliphatic carbocycles. The Morgan fingerprint density at radius 2 is 1.77 bits per heavy atom. The Morgan fingerprint density at radius 1 is 0.955 bits per heavy atom. The van der Waals surface area contributed by atoms with Crippen molar-refractivity contribution in [2.75, 3.05) is 6.54 Å². The van der Waals surface area contributed by atoms with Crippen molar-refractivity contribution in [3.8, 4) is 0 Å². The van der Waals surface area contributed by atoms with Gasteiger partial charge in [-0.25, -0.2) is 0 Å². The topological polar surface area (TPSA) is 15.3 Å². The highest BCUT2D eigenvalue weighted by molar-refractivity contribution is 5.34. The van der Waals surface area contributed by atoms with Gasteiger partial charge in [0.2, 0.25) is 0 Å². The van der Waals surface area contributed by atoms with Gasteiger partial charge in [-0.05, 0) is 36.1 Å². The van der Waals surface area contributed by atoms with Gasteiger partial charge in [-0.15, -0.1) is 0 Å². The molecule has 1 fully saturated rings. The van der Waals surface area contributed by atoms with Crippen LogP contribution in [0.4, 0.5) is 0 Å². The monoisotopic (exact) mass is 292 g/mol. The molecule has 0 saturated carbocycles. The Hall–Kier alpha value is -1.64. The summed E-state index contributed by atoms with van der Waals surface area (Å²) in [5, 5.41) is 3.85. The average Bonchev–Trinajstić information content (AvgIpc) is 2.59. The summed E-state index contributed by atoms with van der Waals surface area (Å²) in [5.41, 5.74) is 4.39. The van der Waals surface area contributed by atoms with E-state index in [1.165, 1.54) is 42.5 Å². The first-order valence-electron chi connectivity index (χ1n) is 8.51. The Kier molecular flexibility index (Phi) is 3.96. The van der Waals surface area contributed by atoms with Gasteiger partial charge >= 0.3 is 0 Å². The smallest absolute Gasteiger partial charge is 0.0484 e. The molecule has 2 heterocycles. The predicted octanol–water partition coefficient (Wildman–Crippen LogP) is 3.89. The fourth-order valence-corrected chi connectivity index (χ4v) is 4.07. The van der Waals surface area contributed by atoms with Gasteiger partial charge in [-0.1, -0.05) is 61.0 Å². The zero-order valence-corrected chi connectivity index (χ0v) is 13.0. The van der Waals surface area contributed by atoms with Crippen LogP contribution in [0.1, 0.15) is 42.0 Å². The van der Waals surface area contributed by atoms with Crippen molar-refractivity contribution in [3.05, 3.63) is 71.3 Å². The highest BCUT2D eigenvalue weighted by Gasteiger charge is 2.35. The molecule has 114 valence electrons. The Balaban J connectivity index is 1.59. The summed E-state index contributed by atoms with van der Waals surface area (Å²) in [4.78, 5) is 2.69. The van der Waals surface area contributed by atoms with Crippen LogP contribution in [-0.4, -0.2) is 17.5 Å². The molecule has 22 heavy (non-hydrogen) atoms. The fraction of sp³-hybridized carbons (Fsp3) is 0.400. The van der Waals surface area contributed by atoms with E-state index in [4.69, 9.17) is 0 Å². The van der Waals surface area contributed by atoms with Crippen LogP contribution in [0.5, 0.6) is 0 Å². The van der Waals surface area contributed by atoms with Crippen LogP contribution >= 0.6 is 0 Å². The number of fused-ring (bicyclic) bond motifs is 2. The maximum absolute atomic E-state index is 3.85. The first-order chi connectivity index (χ1) is 10.9. The van der Waals surface area contributed by atoms with E-state index in [0.717, 1.165) is 13.1 Å². The number of rotatable bonds is 3. The van der Waals surface area contributed by atoms with Crippen molar-refractivity contribution >= 4 is 0 Å². The molecule has 2 atom stereocenters. The van der Waals surface area contributed by atoms with E-state index < -0.39 is 0 Å². The molecular formula is C20H24N2. The maximum atomic E-state index is 3.85. The first-order valence-corrected chi connectivity index (χ1v) is 8.51. The molecule has 1 N–H and O–H groups in total. The number of benzene rings is 2. The second-order valence-corrected chi connectivity index (χ2v) is 6.58. The Labute approximate surface area is 133 Å². The summed E-state index contributed by atoms with van der Waals surface area (Å²) < 4.78 is 0. The lowest BCUT2D eigenvalue weighted by atomic mass is 9.84. The van der Waals surface area contributed by atoms with E-state index in [9.17, 15) is 0 Å². The SMILES string of the molecule is c1ccc(CN[C@H]2c3ccccc3CN3CCCC[C@@H]23)cc1. The Morgan fingerprint density at radius 3 is 2.68 bits per heavy atom. The van der Waals surface area contributed by atoms with Gasteiger partial charge in [-0.3, -0.25) is 4.90 Å². The number of piperidine rings is 1. The highest BCUT2D eigenvalue weighted by Crippen LogP contribution is 2.36. The van der Waals surface area contributed by atoms with E-state index >= 15 is 0 Å². The average molecular weight is 292 g/mol. The van der Waals surface area contributed by atoms with Gasteiger partial charge in [0.05, 0.1) is 0 Å². The lowest BCUT2D eigenvalue weighted by Crippen LogP contribution is -2.50. The minimum atomic E-state index is 0.463. The maximum Gasteiger partial charge on any atom is 0.0484 e. The summed E-state index contributed by atoms with van der Waals surface area (Å²) in [6.45, 7) is 3.33. The van der Waals surface area contributed by atoms with Crippen LogP contribution in [0.2, 0.25) is 0 Å². The van der Waals surface area contributed by atoms with Crippen molar-refractivity contribution in [3.63, 3.8) is 0 Å².